The largest absolute Gasteiger partial charge is 0.467 e. The Bertz CT molecular complexity index is 292. The van der Waals surface area contributed by atoms with Crippen molar-refractivity contribution >= 4 is 24.3 Å². The number of amides is 1. The molecule has 2 atom stereocenters. The number of hydrogen-bond acceptors (Lipinski definition) is 4. The van der Waals surface area contributed by atoms with Gasteiger partial charge in [0.25, 0.3) is 0 Å². The third kappa shape index (κ3) is 6.25. The first-order valence-electron chi connectivity index (χ1n) is 6.65. The van der Waals surface area contributed by atoms with Crippen LogP contribution in [0.4, 0.5) is 0 Å². The fourth-order valence-electron chi connectivity index (χ4n) is 2.18. The van der Waals surface area contributed by atoms with E-state index in [0.717, 1.165) is 19.4 Å². The summed E-state index contributed by atoms with van der Waals surface area (Å²) in [5, 5.41) is 6.10. The summed E-state index contributed by atoms with van der Waals surface area (Å²) >= 11 is 0. The summed E-state index contributed by atoms with van der Waals surface area (Å²) in [7, 11) is 1.34. The Balaban J connectivity index is 0.00000324. The molecule has 2 N–H and O–H groups in total. The van der Waals surface area contributed by atoms with Gasteiger partial charge in [-0.3, -0.25) is 4.79 Å². The molecule has 0 aliphatic carbocycles. The predicted octanol–water partition coefficient (Wildman–Crippen LogP) is 1.25. The van der Waals surface area contributed by atoms with Crippen molar-refractivity contribution in [3.8, 4) is 0 Å². The van der Waals surface area contributed by atoms with Crippen molar-refractivity contribution in [2.24, 2.45) is 5.92 Å². The number of hydrogen-bond donors (Lipinski definition) is 2. The van der Waals surface area contributed by atoms with Crippen LogP contribution in [0.3, 0.4) is 0 Å². The van der Waals surface area contributed by atoms with Gasteiger partial charge in [-0.05, 0) is 31.7 Å². The second-order valence-electron chi connectivity index (χ2n) is 5.14. The highest BCUT2D eigenvalue weighted by Gasteiger charge is 2.25. The third-order valence-corrected chi connectivity index (χ3v) is 3.32. The third-order valence-electron chi connectivity index (χ3n) is 3.32. The van der Waals surface area contributed by atoms with Gasteiger partial charge in [0.05, 0.1) is 7.11 Å². The van der Waals surface area contributed by atoms with Crippen molar-refractivity contribution in [1.82, 2.24) is 10.6 Å². The molecule has 1 amide bonds. The Morgan fingerprint density at radius 3 is 2.58 bits per heavy atom. The topological polar surface area (TPSA) is 67.4 Å². The van der Waals surface area contributed by atoms with E-state index in [0.29, 0.717) is 12.5 Å². The lowest BCUT2D eigenvalue weighted by atomic mass is 10.0. The average molecular weight is 293 g/mol. The van der Waals surface area contributed by atoms with Crippen LogP contribution in [0.15, 0.2) is 0 Å². The summed E-state index contributed by atoms with van der Waals surface area (Å²) < 4.78 is 4.69. The Morgan fingerprint density at radius 2 is 2.11 bits per heavy atom. The first-order valence-corrected chi connectivity index (χ1v) is 6.65. The van der Waals surface area contributed by atoms with Gasteiger partial charge in [-0.1, -0.05) is 13.8 Å². The van der Waals surface area contributed by atoms with E-state index < -0.39 is 6.04 Å². The lowest BCUT2D eigenvalue weighted by Gasteiger charge is -2.20. The van der Waals surface area contributed by atoms with Crippen LogP contribution in [0.2, 0.25) is 0 Å². The number of esters is 1. The molecule has 0 spiro atoms. The van der Waals surface area contributed by atoms with Gasteiger partial charge in [-0.15, -0.1) is 12.4 Å². The zero-order chi connectivity index (χ0) is 13.5. The Kier molecular flexibility index (Phi) is 8.76. The van der Waals surface area contributed by atoms with Gasteiger partial charge in [0.2, 0.25) is 5.91 Å². The van der Waals surface area contributed by atoms with Crippen LogP contribution in [0.1, 0.15) is 39.5 Å². The monoisotopic (exact) mass is 292 g/mol. The van der Waals surface area contributed by atoms with Crippen LogP contribution < -0.4 is 10.6 Å². The maximum absolute atomic E-state index is 11.8. The molecule has 2 unspecified atom stereocenters. The fraction of sp³-hybridized carbons (Fsp3) is 0.846. The van der Waals surface area contributed by atoms with E-state index >= 15 is 0 Å². The molecule has 0 aromatic rings. The highest BCUT2D eigenvalue weighted by atomic mass is 35.5. The molecule has 0 bridgehead atoms. The normalized spacial score (nSPS) is 19.7. The SMILES string of the molecule is COC(=O)C(NC(=O)CCC1CCCN1)C(C)C.Cl. The Hall–Kier alpha value is -0.810. The van der Waals surface area contributed by atoms with Crippen molar-refractivity contribution in [3.63, 3.8) is 0 Å². The lowest BCUT2D eigenvalue weighted by Crippen LogP contribution is -2.45. The molecule has 1 saturated heterocycles. The van der Waals surface area contributed by atoms with E-state index in [2.05, 4.69) is 15.4 Å². The summed E-state index contributed by atoms with van der Waals surface area (Å²) in [5.74, 6) is -0.420. The Labute approximate surface area is 121 Å². The summed E-state index contributed by atoms with van der Waals surface area (Å²) in [5.41, 5.74) is 0. The van der Waals surface area contributed by atoms with Gasteiger partial charge in [0.1, 0.15) is 6.04 Å². The summed E-state index contributed by atoms with van der Waals surface area (Å²) in [6, 6.07) is -0.0922. The van der Waals surface area contributed by atoms with Gasteiger partial charge in [-0.2, -0.15) is 0 Å². The van der Waals surface area contributed by atoms with Gasteiger partial charge in [0, 0.05) is 12.5 Å². The fourth-order valence-corrected chi connectivity index (χ4v) is 2.18. The van der Waals surface area contributed by atoms with Gasteiger partial charge in [-0.25, -0.2) is 4.79 Å². The van der Waals surface area contributed by atoms with Crippen LogP contribution in [0, 0.1) is 5.92 Å². The highest BCUT2D eigenvalue weighted by Crippen LogP contribution is 2.11. The van der Waals surface area contributed by atoms with Gasteiger partial charge in [0.15, 0.2) is 0 Å². The van der Waals surface area contributed by atoms with E-state index in [1.165, 1.54) is 13.5 Å². The zero-order valence-corrected chi connectivity index (χ0v) is 12.7. The molecule has 0 aromatic carbocycles. The smallest absolute Gasteiger partial charge is 0.328 e. The quantitative estimate of drug-likeness (QED) is 0.723. The van der Waals surface area contributed by atoms with Crippen molar-refractivity contribution in [2.45, 2.75) is 51.6 Å². The van der Waals surface area contributed by atoms with Crippen molar-refractivity contribution < 1.29 is 14.3 Å². The average Bonchev–Trinajstić information content (AvgIpc) is 2.85. The van der Waals surface area contributed by atoms with Crippen molar-refractivity contribution in [1.29, 1.82) is 0 Å². The van der Waals surface area contributed by atoms with E-state index in [1.807, 2.05) is 13.8 Å². The Morgan fingerprint density at radius 1 is 1.42 bits per heavy atom. The lowest BCUT2D eigenvalue weighted by molar-refractivity contribution is -0.146. The maximum atomic E-state index is 11.8. The molecule has 112 valence electrons. The molecule has 1 aliphatic heterocycles. The standard InChI is InChI=1S/C13H24N2O3.ClH/c1-9(2)12(13(17)18-3)15-11(16)7-6-10-5-4-8-14-10;/h9-10,12,14H,4-8H2,1-3H3,(H,15,16);1H. The van der Waals surface area contributed by atoms with E-state index in [4.69, 9.17) is 0 Å². The molecule has 1 fully saturated rings. The first kappa shape index (κ1) is 18.2. The number of carbonyl (C=O) groups is 2. The minimum absolute atomic E-state index is 0. The molecule has 0 radical (unpaired) electrons. The van der Waals surface area contributed by atoms with E-state index in [1.54, 1.807) is 0 Å². The number of halogens is 1. The first-order chi connectivity index (χ1) is 8.54. The number of methoxy groups -OCH3 is 1. The highest BCUT2D eigenvalue weighted by molar-refractivity contribution is 5.85. The van der Waals surface area contributed by atoms with E-state index in [9.17, 15) is 9.59 Å². The van der Waals surface area contributed by atoms with Crippen LogP contribution >= 0.6 is 12.4 Å². The minimum atomic E-state index is -0.543. The van der Waals surface area contributed by atoms with Crippen LogP contribution in [-0.4, -0.2) is 37.6 Å². The van der Waals surface area contributed by atoms with Crippen molar-refractivity contribution in [3.05, 3.63) is 0 Å². The molecule has 0 saturated carbocycles. The molecule has 1 aliphatic rings. The zero-order valence-electron chi connectivity index (χ0n) is 11.9. The second kappa shape index (κ2) is 9.15. The summed E-state index contributed by atoms with van der Waals surface area (Å²) in [6.07, 6.45) is 3.61. The van der Waals surface area contributed by atoms with Crippen LogP contribution in [0.25, 0.3) is 0 Å². The number of carbonyl (C=O) groups excluding carboxylic acids is 2. The number of ether oxygens (including phenoxy) is 1. The van der Waals surface area contributed by atoms with E-state index in [-0.39, 0.29) is 30.2 Å². The summed E-state index contributed by atoms with van der Waals surface area (Å²) in [4.78, 5) is 23.3. The van der Waals surface area contributed by atoms with Crippen molar-refractivity contribution in [2.75, 3.05) is 13.7 Å². The van der Waals surface area contributed by atoms with Gasteiger partial charge < -0.3 is 15.4 Å². The predicted molar refractivity (Wildman–Crippen MR) is 76.3 cm³/mol. The molecule has 0 aromatic heterocycles. The molecular formula is C13H25ClN2O3. The molecule has 1 rings (SSSR count). The van der Waals surface area contributed by atoms with Crippen LogP contribution in [0.5, 0.6) is 0 Å². The van der Waals surface area contributed by atoms with Gasteiger partial charge >= 0.3 is 5.97 Å². The number of rotatable bonds is 6. The molecule has 19 heavy (non-hydrogen) atoms. The molecule has 1 heterocycles. The maximum Gasteiger partial charge on any atom is 0.328 e. The number of nitrogens with one attached hydrogen (secondary N) is 2. The van der Waals surface area contributed by atoms with Crippen LogP contribution in [-0.2, 0) is 14.3 Å². The summed E-state index contributed by atoms with van der Waals surface area (Å²) in [6.45, 7) is 4.82. The molecular weight excluding hydrogens is 268 g/mol. The molecule has 6 heteroatoms. The minimum Gasteiger partial charge on any atom is -0.467 e. The molecule has 5 nitrogen and oxygen atoms in total. The second-order valence-corrected chi connectivity index (χ2v) is 5.14.